The molecule has 2 atom stereocenters. The molecular weight excluding hydrogens is 256 g/mol. The fourth-order valence-corrected chi connectivity index (χ4v) is 2.37. The molecule has 1 rings (SSSR count). The van der Waals surface area contributed by atoms with Crippen LogP contribution in [0.15, 0.2) is 0 Å². The third-order valence-electron chi connectivity index (χ3n) is 5.19. The van der Waals surface area contributed by atoms with E-state index >= 15 is 0 Å². The van der Waals surface area contributed by atoms with Gasteiger partial charge in [0.2, 0.25) is 5.91 Å². The normalized spacial score (nSPS) is 29.8. The third kappa shape index (κ3) is 2.59. The first-order valence-electron chi connectivity index (χ1n) is 7.25. The minimum absolute atomic E-state index is 0.00602. The Morgan fingerprint density at radius 2 is 1.90 bits per heavy atom. The quantitative estimate of drug-likeness (QED) is 0.708. The summed E-state index contributed by atoms with van der Waals surface area (Å²) < 4.78 is 5.63. The lowest BCUT2D eigenvalue weighted by molar-refractivity contribution is -0.173. The monoisotopic (exact) mass is 286 g/mol. The number of aliphatic hydroxyl groups is 1. The average Bonchev–Trinajstić information content (AvgIpc) is 2.26. The summed E-state index contributed by atoms with van der Waals surface area (Å²) in [7, 11) is 0. The second-order valence-electron chi connectivity index (χ2n) is 7.48. The number of ether oxygens (including phenoxy) is 1. The molecule has 4 N–H and O–H groups in total. The molecular formula is C15H30N2O3. The molecule has 1 aliphatic carbocycles. The standard InChI is InChI=1S/C15H30N2O3/c1-8-20-10-9-15(16,12(10,2)3)11(18)17-13(4,5)14(6,7)19/h10,19H,8-9,16H2,1-7H3,(H,17,18). The topological polar surface area (TPSA) is 84.6 Å². The molecule has 0 heterocycles. The Hall–Kier alpha value is -0.650. The van der Waals surface area contributed by atoms with Crippen LogP contribution in [0.2, 0.25) is 0 Å². The molecule has 0 saturated heterocycles. The first kappa shape index (κ1) is 17.4. The van der Waals surface area contributed by atoms with Crippen LogP contribution in [0.5, 0.6) is 0 Å². The van der Waals surface area contributed by atoms with Gasteiger partial charge in [-0.15, -0.1) is 0 Å². The molecule has 2 unspecified atom stereocenters. The van der Waals surface area contributed by atoms with Crippen LogP contribution in [0, 0.1) is 5.41 Å². The SMILES string of the molecule is CCOC1CC(N)(C(=O)NC(C)(C)C(C)(C)O)C1(C)C. The number of carbonyl (C=O) groups excluding carboxylic acids is 1. The summed E-state index contributed by atoms with van der Waals surface area (Å²) in [5, 5.41) is 13.0. The maximum absolute atomic E-state index is 12.6. The predicted molar refractivity (Wildman–Crippen MR) is 79.2 cm³/mol. The number of rotatable bonds is 5. The lowest BCUT2D eigenvalue weighted by Gasteiger charge is -2.58. The van der Waals surface area contributed by atoms with Crippen molar-refractivity contribution in [1.29, 1.82) is 0 Å². The zero-order chi connectivity index (χ0) is 16.0. The van der Waals surface area contributed by atoms with Gasteiger partial charge in [0.25, 0.3) is 0 Å². The van der Waals surface area contributed by atoms with Crippen LogP contribution in [0.25, 0.3) is 0 Å². The lowest BCUT2D eigenvalue weighted by atomic mass is 9.54. The van der Waals surface area contributed by atoms with E-state index in [9.17, 15) is 9.90 Å². The molecule has 20 heavy (non-hydrogen) atoms. The molecule has 0 radical (unpaired) electrons. The van der Waals surface area contributed by atoms with Gasteiger partial charge in [-0.25, -0.2) is 0 Å². The highest BCUT2D eigenvalue weighted by Gasteiger charge is 2.63. The van der Waals surface area contributed by atoms with Crippen LogP contribution in [-0.2, 0) is 9.53 Å². The fraction of sp³-hybridized carbons (Fsp3) is 0.933. The molecule has 118 valence electrons. The Labute approximate surface area is 122 Å². The maximum Gasteiger partial charge on any atom is 0.241 e. The van der Waals surface area contributed by atoms with Crippen molar-refractivity contribution >= 4 is 5.91 Å². The molecule has 0 aliphatic heterocycles. The van der Waals surface area contributed by atoms with Gasteiger partial charge in [-0.05, 0) is 34.6 Å². The summed E-state index contributed by atoms with van der Waals surface area (Å²) >= 11 is 0. The van der Waals surface area contributed by atoms with Gasteiger partial charge in [0, 0.05) is 18.4 Å². The average molecular weight is 286 g/mol. The maximum atomic E-state index is 12.6. The molecule has 1 saturated carbocycles. The highest BCUT2D eigenvalue weighted by Crippen LogP contribution is 2.50. The van der Waals surface area contributed by atoms with Crippen LogP contribution < -0.4 is 11.1 Å². The summed E-state index contributed by atoms with van der Waals surface area (Å²) in [6.07, 6.45) is 0.496. The van der Waals surface area contributed by atoms with Crippen molar-refractivity contribution in [2.75, 3.05) is 6.61 Å². The summed E-state index contributed by atoms with van der Waals surface area (Å²) in [6.45, 7) is 13.4. The van der Waals surface area contributed by atoms with Gasteiger partial charge in [0.05, 0.1) is 17.2 Å². The molecule has 0 aromatic rings. The zero-order valence-corrected chi connectivity index (χ0v) is 13.8. The smallest absolute Gasteiger partial charge is 0.241 e. The van der Waals surface area contributed by atoms with Crippen molar-refractivity contribution in [3.05, 3.63) is 0 Å². The minimum Gasteiger partial charge on any atom is -0.388 e. The number of hydrogen-bond acceptors (Lipinski definition) is 4. The Bertz CT molecular complexity index is 385. The fourth-order valence-electron chi connectivity index (χ4n) is 2.37. The molecule has 0 aromatic carbocycles. The third-order valence-corrected chi connectivity index (χ3v) is 5.19. The predicted octanol–water partition coefficient (Wildman–Crippen LogP) is 1.18. The number of nitrogens with one attached hydrogen (secondary N) is 1. The zero-order valence-electron chi connectivity index (χ0n) is 13.8. The van der Waals surface area contributed by atoms with Crippen LogP contribution >= 0.6 is 0 Å². The number of amides is 1. The summed E-state index contributed by atoms with van der Waals surface area (Å²) in [5.74, 6) is -0.231. The highest BCUT2D eigenvalue weighted by molar-refractivity contribution is 5.89. The van der Waals surface area contributed by atoms with E-state index in [1.54, 1.807) is 27.7 Å². The van der Waals surface area contributed by atoms with Crippen molar-refractivity contribution in [1.82, 2.24) is 5.32 Å². The summed E-state index contributed by atoms with van der Waals surface area (Å²) in [4.78, 5) is 12.6. The molecule has 0 bridgehead atoms. The molecule has 0 spiro atoms. The van der Waals surface area contributed by atoms with E-state index in [0.717, 1.165) is 0 Å². The largest absolute Gasteiger partial charge is 0.388 e. The summed E-state index contributed by atoms with van der Waals surface area (Å²) in [5.41, 5.74) is 3.13. The van der Waals surface area contributed by atoms with Crippen LogP contribution in [-0.4, -0.2) is 40.4 Å². The minimum atomic E-state index is -1.04. The van der Waals surface area contributed by atoms with Gasteiger partial charge in [0.15, 0.2) is 0 Å². The first-order chi connectivity index (χ1) is 8.79. The van der Waals surface area contributed by atoms with Gasteiger partial charge in [0.1, 0.15) is 5.54 Å². The van der Waals surface area contributed by atoms with E-state index < -0.39 is 22.1 Å². The van der Waals surface area contributed by atoms with E-state index in [1.807, 2.05) is 20.8 Å². The number of carbonyl (C=O) groups is 1. The first-order valence-corrected chi connectivity index (χ1v) is 7.25. The molecule has 1 fully saturated rings. The number of nitrogens with two attached hydrogens (primary N) is 1. The van der Waals surface area contributed by atoms with Gasteiger partial charge in [-0.1, -0.05) is 13.8 Å². The molecule has 0 aromatic heterocycles. The van der Waals surface area contributed by atoms with Crippen molar-refractivity contribution in [2.24, 2.45) is 11.1 Å². The van der Waals surface area contributed by atoms with Crippen LogP contribution in [0.3, 0.4) is 0 Å². The van der Waals surface area contributed by atoms with E-state index in [-0.39, 0.29) is 12.0 Å². The van der Waals surface area contributed by atoms with Crippen LogP contribution in [0.4, 0.5) is 0 Å². The number of hydrogen-bond donors (Lipinski definition) is 3. The lowest BCUT2D eigenvalue weighted by Crippen LogP contribution is -2.77. The molecule has 1 aliphatic rings. The Balaban J connectivity index is 2.84. The van der Waals surface area contributed by atoms with Gasteiger partial charge in [-0.2, -0.15) is 0 Å². The van der Waals surface area contributed by atoms with Crippen molar-refractivity contribution in [3.63, 3.8) is 0 Å². The second kappa shape index (κ2) is 4.97. The van der Waals surface area contributed by atoms with E-state index in [1.165, 1.54) is 0 Å². The summed E-state index contributed by atoms with van der Waals surface area (Å²) in [6, 6.07) is 0. The molecule has 5 heteroatoms. The van der Waals surface area contributed by atoms with Crippen molar-refractivity contribution in [3.8, 4) is 0 Å². The second-order valence-corrected chi connectivity index (χ2v) is 7.48. The Kier molecular flexibility index (Phi) is 4.32. The Morgan fingerprint density at radius 1 is 1.40 bits per heavy atom. The van der Waals surface area contributed by atoms with E-state index in [4.69, 9.17) is 10.5 Å². The molecule has 1 amide bonds. The molecule has 5 nitrogen and oxygen atoms in total. The van der Waals surface area contributed by atoms with Crippen LogP contribution in [0.1, 0.15) is 54.9 Å². The van der Waals surface area contributed by atoms with Crippen molar-refractivity contribution < 1.29 is 14.6 Å². The van der Waals surface area contributed by atoms with E-state index in [0.29, 0.717) is 13.0 Å². The van der Waals surface area contributed by atoms with Gasteiger partial charge >= 0.3 is 0 Å². The van der Waals surface area contributed by atoms with E-state index in [2.05, 4.69) is 5.32 Å². The van der Waals surface area contributed by atoms with Gasteiger partial charge in [-0.3, -0.25) is 4.79 Å². The van der Waals surface area contributed by atoms with Gasteiger partial charge < -0.3 is 20.9 Å². The highest BCUT2D eigenvalue weighted by atomic mass is 16.5. The van der Waals surface area contributed by atoms with Crippen molar-refractivity contribution in [2.45, 2.75) is 77.7 Å². The Morgan fingerprint density at radius 3 is 2.25 bits per heavy atom.